The van der Waals surface area contributed by atoms with Crippen molar-refractivity contribution < 1.29 is 14.8 Å². The van der Waals surface area contributed by atoms with E-state index < -0.39 is 23.9 Å². The highest BCUT2D eigenvalue weighted by molar-refractivity contribution is 5.97. The molecule has 2 aromatic carbocycles. The van der Waals surface area contributed by atoms with Crippen molar-refractivity contribution in [2.45, 2.75) is 19.0 Å². The zero-order valence-corrected chi connectivity index (χ0v) is 13.7. The van der Waals surface area contributed by atoms with Crippen molar-refractivity contribution >= 4 is 11.8 Å². The largest absolute Gasteiger partial charge is 0.339 e. The van der Waals surface area contributed by atoms with Crippen molar-refractivity contribution in [2.75, 3.05) is 0 Å². The van der Waals surface area contributed by atoms with Crippen LogP contribution in [0.2, 0.25) is 0 Å². The first kappa shape index (κ1) is 18.2. The summed E-state index contributed by atoms with van der Waals surface area (Å²) in [5, 5.41) is 11.2. The Labute approximate surface area is 146 Å². The Hall–Kier alpha value is -3.14. The van der Waals surface area contributed by atoms with Crippen LogP contribution < -0.4 is 16.5 Å². The lowest BCUT2D eigenvalue weighted by Crippen LogP contribution is -2.54. The summed E-state index contributed by atoms with van der Waals surface area (Å²) in [7, 11) is 0. The van der Waals surface area contributed by atoms with Gasteiger partial charge in [0.1, 0.15) is 6.04 Å². The Bertz CT molecular complexity index is 790. The first-order valence-electron chi connectivity index (χ1n) is 7.69. The summed E-state index contributed by atoms with van der Waals surface area (Å²) in [5.74, 6) is 4.81. The average Bonchev–Trinajstić information content (AvgIpc) is 2.64. The number of hydrogen-bond acceptors (Lipinski definition) is 4. The molecule has 128 valence electrons. The number of nitrogens with two attached hydrogens (primary N) is 1. The van der Waals surface area contributed by atoms with Gasteiger partial charge in [0.25, 0.3) is 11.8 Å². The van der Waals surface area contributed by atoms with Gasteiger partial charge in [-0.2, -0.15) is 0 Å². The number of rotatable bonds is 4. The van der Waals surface area contributed by atoms with E-state index in [1.165, 1.54) is 5.48 Å². The summed E-state index contributed by atoms with van der Waals surface area (Å²) in [4.78, 5) is 23.7. The summed E-state index contributed by atoms with van der Waals surface area (Å²) in [6.45, 7) is 1.56. The monoisotopic (exact) mass is 337 g/mol. The summed E-state index contributed by atoms with van der Waals surface area (Å²) < 4.78 is 0. The van der Waals surface area contributed by atoms with Gasteiger partial charge in [0, 0.05) is 22.7 Å². The second-order valence-corrected chi connectivity index (χ2v) is 5.48. The first-order chi connectivity index (χ1) is 12.0. The molecule has 0 aliphatic carbocycles. The van der Waals surface area contributed by atoms with Gasteiger partial charge in [-0.15, -0.1) is 0 Å². The molecule has 6 nitrogen and oxygen atoms in total. The van der Waals surface area contributed by atoms with Crippen LogP contribution in [0.5, 0.6) is 0 Å². The SMILES string of the molecule is C[C@@H](N)[C@H](NC(=O)c1ccc(C#Cc2ccccc2)cc1)C(=O)NO. The van der Waals surface area contributed by atoms with Gasteiger partial charge >= 0.3 is 0 Å². The highest BCUT2D eigenvalue weighted by Crippen LogP contribution is 2.05. The molecule has 2 rings (SSSR count). The van der Waals surface area contributed by atoms with E-state index in [9.17, 15) is 9.59 Å². The van der Waals surface area contributed by atoms with E-state index in [2.05, 4.69) is 17.2 Å². The van der Waals surface area contributed by atoms with Crippen LogP contribution in [-0.4, -0.2) is 29.1 Å². The summed E-state index contributed by atoms with van der Waals surface area (Å²) >= 11 is 0. The third kappa shape index (κ3) is 5.18. The molecule has 0 radical (unpaired) electrons. The van der Waals surface area contributed by atoms with E-state index in [0.29, 0.717) is 5.56 Å². The normalized spacial score (nSPS) is 12.3. The summed E-state index contributed by atoms with van der Waals surface area (Å²) in [6.07, 6.45) is 0. The predicted octanol–water partition coefficient (Wildman–Crippen LogP) is 1.04. The van der Waals surface area contributed by atoms with Crippen LogP contribution in [0.3, 0.4) is 0 Å². The molecule has 0 fully saturated rings. The molecule has 5 N–H and O–H groups in total. The average molecular weight is 337 g/mol. The molecule has 0 spiro atoms. The third-order valence-corrected chi connectivity index (χ3v) is 3.48. The van der Waals surface area contributed by atoms with Crippen molar-refractivity contribution in [1.29, 1.82) is 0 Å². The van der Waals surface area contributed by atoms with Gasteiger partial charge < -0.3 is 11.1 Å². The number of amides is 2. The molecule has 0 saturated heterocycles. The summed E-state index contributed by atoms with van der Waals surface area (Å²) in [5.41, 5.74) is 9.17. The maximum Gasteiger partial charge on any atom is 0.267 e. The molecular formula is C19H19N3O3. The number of benzene rings is 2. The number of nitrogens with one attached hydrogen (secondary N) is 2. The molecule has 0 heterocycles. The fraction of sp³-hybridized carbons (Fsp3) is 0.158. The zero-order chi connectivity index (χ0) is 18.2. The zero-order valence-electron chi connectivity index (χ0n) is 13.7. The van der Waals surface area contributed by atoms with Gasteiger partial charge in [-0.25, -0.2) is 5.48 Å². The Morgan fingerprint density at radius 1 is 1.00 bits per heavy atom. The summed E-state index contributed by atoms with van der Waals surface area (Å²) in [6, 6.07) is 14.5. The van der Waals surface area contributed by atoms with Gasteiger partial charge in [0.05, 0.1) is 0 Å². The maximum atomic E-state index is 12.2. The maximum absolute atomic E-state index is 12.2. The standard InChI is InChI=1S/C19H19N3O3/c1-13(20)17(19(24)22-25)21-18(23)16-11-9-15(10-12-16)8-7-14-5-3-2-4-6-14/h2-6,9-13,17,25H,20H2,1H3,(H,21,23)(H,22,24)/t13-,17+/m1/s1. The van der Waals surface area contributed by atoms with E-state index in [1.54, 1.807) is 31.2 Å². The van der Waals surface area contributed by atoms with E-state index in [4.69, 9.17) is 10.9 Å². The van der Waals surface area contributed by atoms with E-state index in [-0.39, 0.29) is 0 Å². The Balaban J connectivity index is 2.07. The van der Waals surface area contributed by atoms with Crippen LogP contribution in [-0.2, 0) is 4.79 Å². The Morgan fingerprint density at radius 3 is 2.08 bits per heavy atom. The van der Waals surface area contributed by atoms with E-state index in [0.717, 1.165) is 11.1 Å². The molecule has 0 unspecified atom stereocenters. The van der Waals surface area contributed by atoms with Crippen molar-refractivity contribution in [3.8, 4) is 11.8 Å². The minimum Gasteiger partial charge on any atom is -0.339 e. The van der Waals surface area contributed by atoms with Gasteiger partial charge in [0.2, 0.25) is 0 Å². The molecule has 2 amide bonds. The molecule has 2 atom stereocenters. The molecule has 25 heavy (non-hydrogen) atoms. The number of hydroxylamine groups is 1. The van der Waals surface area contributed by atoms with Crippen LogP contribution in [0.1, 0.15) is 28.4 Å². The number of hydrogen-bond donors (Lipinski definition) is 4. The quantitative estimate of drug-likeness (QED) is 0.380. The number of carbonyl (C=O) groups is 2. The molecular weight excluding hydrogens is 318 g/mol. The van der Waals surface area contributed by atoms with E-state index >= 15 is 0 Å². The van der Waals surface area contributed by atoms with Gasteiger partial charge in [-0.1, -0.05) is 30.0 Å². The topological polar surface area (TPSA) is 104 Å². The Kier molecular flexibility index (Phi) is 6.29. The highest BCUT2D eigenvalue weighted by atomic mass is 16.5. The minimum absolute atomic E-state index is 0.363. The molecule has 0 saturated carbocycles. The Morgan fingerprint density at radius 2 is 1.56 bits per heavy atom. The lowest BCUT2D eigenvalue weighted by Gasteiger charge is -2.20. The van der Waals surface area contributed by atoms with Crippen molar-refractivity contribution in [3.63, 3.8) is 0 Å². The van der Waals surface area contributed by atoms with Gasteiger partial charge in [-0.3, -0.25) is 14.8 Å². The minimum atomic E-state index is -1.03. The molecule has 2 aromatic rings. The molecule has 0 bridgehead atoms. The van der Waals surface area contributed by atoms with Crippen LogP contribution >= 0.6 is 0 Å². The van der Waals surface area contributed by atoms with Crippen LogP contribution in [0, 0.1) is 11.8 Å². The van der Waals surface area contributed by atoms with Gasteiger partial charge in [-0.05, 0) is 43.3 Å². The van der Waals surface area contributed by atoms with Crippen LogP contribution in [0.25, 0.3) is 0 Å². The fourth-order valence-corrected chi connectivity index (χ4v) is 2.10. The van der Waals surface area contributed by atoms with E-state index in [1.807, 2.05) is 30.3 Å². The second kappa shape index (κ2) is 8.64. The van der Waals surface area contributed by atoms with Gasteiger partial charge in [0.15, 0.2) is 0 Å². The van der Waals surface area contributed by atoms with Crippen LogP contribution in [0.4, 0.5) is 0 Å². The second-order valence-electron chi connectivity index (χ2n) is 5.48. The molecule has 0 aromatic heterocycles. The lowest BCUT2D eigenvalue weighted by molar-refractivity contribution is -0.131. The van der Waals surface area contributed by atoms with Crippen molar-refractivity contribution in [3.05, 3.63) is 71.3 Å². The molecule has 0 aliphatic heterocycles. The fourth-order valence-electron chi connectivity index (χ4n) is 2.10. The molecule has 6 heteroatoms. The third-order valence-electron chi connectivity index (χ3n) is 3.48. The highest BCUT2D eigenvalue weighted by Gasteiger charge is 2.24. The van der Waals surface area contributed by atoms with Crippen LogP contribution in [0.15, 0.2) is 54.6 Å². The lowest BCUT2D eigenvalue weighted by atomic mass is 10.1. The smallest absolute Gasteiger partial charge is 0.267 e. The van der Waals surface area contributed by atoms with Crippen molar-refractivity contribution in [1.82, 2.24) is 10.8 Å². The van der Waals surface area contributed by atoms with Crippen molar-refractivity contribution in [2.24, 2.45) is 5.73 Å². The number of carbonyl (C=O) groups excluding carboxylic acids is 2. The molecule has 0 aliphatic rings. The first-order valence-corrected chi connectivity index (χ1v) is 7.69. The predicted molar refractivity (Wildman–Crippen MR) is 93.7 cm³/mol.